The molecule has 2 unspecified atom stereocenters. The van der Waals surface area contributed by atoms with Gasteiger partial charge in [0.2, 0.25) is 5.91 Å². The minimum absolute atomic E-state index is 0.0915. The lowest BCUT2D eigenvalue weighted by Crippen LogP contribution is -2.45. The highest BCUT2D eigenvalue weighted by atomic mass is 16.3. The monoisotopic (exact) mass is 291 g/mol. The average Bonchev–Trinajstić information content (AvgIpc) is 2.43. The highest BCUT2D eigenvalue weighted by molar-refractivity contribution is 5.76. The number of benzene rings is 1. The second-order valence-corrected chi connectivity index (χ2v) is 5.93. The summed E-state index contributed by atoms with van der Waals surface area (Å²) >= 11 is 0. The summed E-state index contributed by atoms with van der Waals surface area (Å²) in [6, 6.07) is 6.04. The largest absolute Gasteiger partial charge is 0.372 e. The standard InChI is InChI=1S/C16H25N3O2/c1-11-5-3-6-12(2)15(11)18-14(20)10-19-8-4-7-13(9-19)16(17)21/h3,5-6,13-14,18,20H,4,7-10H2,1-2H3,(H2,17,21). The van der Waals surface area contributed by atoms with Gasteiger partial charge in [-0.2, -0.15) is 0 Å². The zero-order valence-electron chi connectivity index (χ0n) is 12.8. The fraction of sp³-hybridized carbons (Fsp3) is 0.562. The van der Waals surface area contributed by atoms with E-state index in [2.05, 4.69) is 10.2 Å². The number of anilines is 1. The minimum atomic E-state index is -0.656. The number of amides is 1. The van der Waals surface area contributed by atoms with E-state index in [0.717, 1.165) is 36.2 Å². The van der Waals surface area contributed by atoms with Gasteiger partial charge in [-0.3, -0.25) is 9.69 Å². The number of carbonyl (C=O) groups is 1. The van der Waals surface area contributed by atoms with Crippen molar-refractivity contribution < 1.29 is 9.90 Å². The number of β-amino-alcohol motifs (C(OH)–C–C–N with tert-alkyl or cyclic N) is 1. The van der Waals surface area contributed by atoms with Gasteiger partial charge in [0.05, 0.1) is 5.92 Å². The zero-order valence-corrected chi connectivity index (χ0v) is 12.8. The Kier molecular flexibility index (Phi) is 5.20. The number of nitrogens with two attached hydrogens (primary N) is 1. The van der Waals surface area contributed by atoms with Crippen molar-refractivity contribution in [1.82, 2.24) is 4.90 Å². The highest BCUT2D eigenvalue weighted by Gasteiger charge is 2.25. The number of aliphatic hydroxyl groups excluding tert-OH is 1. The number of hydrogen-bond donors (Lipinski definition) is 3. The zero-order chi connectivity index (χ0) is 15.4. The lowest BCUT2D eigenvalue weighted by atomic mass is 9.97. The maximum Gasteiger partial charge on any atom is 0.221 e. The molecule has 5 heteroatoms. The van der Waals surface area contributed by atoms with E-state index in [4.69, 9.17) is 5.73 Å². The van der Waals surface area contributed by atoms with Gasteiger partial charge in [0.15, 0.2) is 0 Å². The third-order valence-electron chi connectivity index (χ3n) is 4.13. The first-order valence-electron chi connectivity index (χ1n) is 7.50. The van der Waals surface area contributed by atoms with Gasteiger partial charge in [0.1, 0.15) is 6.23 Å². The third-order valence-corrected chi connectivity index (χ3v) is 4.13. The average molecular weight is 291 g/mol. The summed E-state index contributed by atoms with van der Waals surface area (Å²) in [6.07, 6.45) is 1.15. The molecule has 2 atom stereocenters. The SMILES string of the molecule is Cc1cccc(C)c1NC(O)CN1CCCC(C(N)=O)C1. The number of primary amides is 1. The maximum atomic E-state index is 11.3. The first kappa shape index (κ1) is 15.8. The number of carbonyl (C=O) groups excluding carboxylic acids is 1. The predicted molar refractivity (Wildman–Crippen MR) is 83.9 cm³/mol. The number of aryl methyl sites for hydroxylation is 2. The molecule has 1 aliphatic heterocycles. The summed E-state index contributed by atoms with van der Waals surface area (Å²) in [6.45, 7) is 6.08. The van der Waals surface area contributed by atoms with Crippen LogP contribution in [0.15, 0.2) is 18.2 Å². The summed E-state index contributed by atoms with van der Waals surface area (Å²) < 4.78 is 0. The van der Waals surface area contributed by atoms with Gasteiger partial charge in [0.25, 0.3) is 0 Å². The molecule has 1 heterocycles. The molecule has 1 saturated heterocycles. The molecule has 0 bridgehead atoms. The van der Waals surface area contributed by atoms with E-state index in [-0.39, 0.29) is 11.8 Å². The Morgan fingerprint density at radius 3 is 2.76 bits per heavy atom. The topological polar surface area (TPSA) is 78.6 Å². The lowest BCUT2D eigenvalue weighted by molar-refractivity contribution is -0.123. The van der Waals surface area contributed by atoms with E-state index in [1.807, 2.05) is 32.0 Å². The van der Waals surface area contributed by atoms with Gasteiger partial charge >= 0.3 is 0 Å². The van der Waals surface area contributed by atoms with E-state index >= 15 is 0 Å². The van der Waals surface area contributed by atoms with Crippen molar-refractivity contribution in [3.05, 3.63) is 29.3 Å². The van der Waals surface area contributed by atoms with Crippen molar-refractivity contribution in [3.8, 4) is 0 Å². The van der Waals surface area contributed by atoms with E-state index in [1.165, 1.54) is 0 Å². The van der Waals surface area contributed by atoms with Crippen LogP contribution in [0.5, 0.6) is 0 Å². The fourth-order valence-electron chi connectivity index (χ4n) is 2.95. The van der Waals surface area contributed by atoms with Gasteiger partial charge in [-0.05, 0) is 44.4 Å². The highest BCUT2D eigenvalue weighted by Crippen LogP contribution is 2.21. The van der Waals surface area contributed by atoms with E-state index in [1.54, 1.807) is 0 Å². The first-order valence-corrected chi connectivity index (χ1v) is 7.50. The Labute approximate surface area is 126 Å². The summed E-state index contributed by atoms with van der Waals surface area (Å²) in [7, 11) is 0. The summed E-state index contributed by atoms with van der Waals surface area (Å²) in [5.74, 6) is -0.331. The number of likely N-dealkylation sites (tertiary alicyclic amines) is 1. The second kappa shape index (κ2) is 6.91. The van der Waals surface area contributed by atoms with Crippen molar-refractivity contribution in [2.75, 3.05) is 25.0 Å². The number of nitrogens with zero attached hydrogens (tertiary/aromatic N) is 1. The van der Waals surface area contributed by atoms with Crippen molar-refractivity contribution >= 4 is 11.6 Å². The van der Waals surface area contributed by atoms with Crippen molar-refractivity contribution in [2.24, 2.45) is 11.7 Å². The lowest BCUT2D eigenvalue weighted by Gasteiger charge is -2.33. The Morgan fingerprint density at radius 2 is 2.14 bits per heavy atom. The smallest absolute Gasteiger partial charge is 0.221 e. The number of nitrogens with one attached hydrogen (secondary N) is 1. The summed E-state index contributed by atoms with van der Waals surface area (Å²) in [5.41, 5.74) is 8.59. The number of hydrogen-bond acceptors (Lipinski definition) is 4. The Hall–Kier alpha value is -1.59. The summed E-state index contributed by atoms with van der Waals surface area (Å²) in [5, 5.41) is 13.4. The molecule has 0 saturated carbocycles. The molecule has 1 aromatic carbocycles. The molecule has 21 heavy (non-hydrogen) atoms. The van der Waals surface area contributed by atoms with Crippen LogP contribution in [0.3, 0.4) is 0 Å². The van der Waals surface area contributed by atoms with Crippen LogP contribution in [0.1, 0.15) is 24.0 Å². The van der Waals surface area contributed by atoms with Gasteiger partial charge in [-0.15, -0.1) is 0 Å². The molecular formula is C16H25N3O2. The van der Waals surface area contributed by atoms with Gasteiger partial charge in [-0.1, -0.05) is 18.2 Å². The van der Waals surface area contributed by atoms with E-state index < -0.39 is 6.23 Å². The third kappa shape index (κ3) is 4.19. The van der Waals surface area contributed by atoms with E-state index in [9.17, 15) is 9.90 Å². The predicted octanol–water partition coefficient (Wildman–Crippen LogP) is 1.23. The van der Waals surface area contributed by atoms with Crippen molar-refractivity contribution in [3.63, 3.8) is 0 Å². The Balaban J connectivity index is 1.92. The molecule has 1 aliphatic rings. The van der Waals surface area contributed by atoms with Crippen molar-refractivity contribution in [1.29, 1.82) is 0 Å². The van der Waals surface area contributed by atoms with Crippen LogP contribution >= 0.6 is 0 Å². The summed E-state index contributed by atoms with van der Waals surface area (Å²) in [4.78, 5) is 13.4. The number of aliphatic hydroxyl groups is 1. The Morgan fingerprint density at radius 1 is 1.48 bits per heavy atom. The molecular weight excluding hydrogens is 266 g/mol. The van der Waals surface area contributed by atoms with Crippen LogP contribution in [0.2, 0.25) is 0 Å². The maximum absolute atomic E-state index is 11.3. The van der Waals surface area contributed by atoms with Crippen LogP contribution in [0.4, 0.5) is 5.69 Å². The van der Waals surface area contributed by atoms with Crippen LogP contribution in [0, 0.1) is 19.8 Å². The van der Waals surface area contributed by atoms with Crippen molar-refractivity contribution in [2.45, 2.75) is 32.9 Å². The molecule has 0 spiro atoms. The molecule has 1 aromatic rings. The quantitative estimate of drug-likeness (QED) is 0.713. The Bertz CT molecular complexity index is 484. The number of piperidine rings is 1. The normalized spacial score (nSPS) is 21.0. The van der Waals surface area contributed by atoms with Gasteiger partial charge < -0.3 is 16.2 Å². The molecule has 5 nitrogen and oxygen atoms in total. The van der Waals surface area contributed by atoms with E-state index in [0.29, 0.717) is 13.1 Å². The van der Waals surface area contributed by atoms with Crippen LogP contribution in [0.25, 0.3) is 0 Å². The van der Waals surface area contributed by atoms with Crippen LogP contribution in [-0.4, -0.2) is 41.8 Å². The molecule has 1 fully saturated rings. The number of para-hydroxylation sites is 1. The molecule has 2 rings (SSSR count). The first-order chi connectivity index (χ1) is 9.97. The molecule has 116 valence electrons. The second-order valence-electron chi connectivity index (χ2n) is 5.93. The van der Waals surface area contributed by atoms with Crippen LogP contribution in [-0.2, 0) is 4.79 Å². The molecule has 4 N–H and O–H groups in total. The van der Waals surface area contributed by atoms with Crippen LogP contribution < -0.4 is 11.1 Å². The molecule has 0 aliphatic carbocycles. The minimum Gasteiger partial charge on any atom is -0.372 e. The molecule has 1 amide bonds. The molecule has 0 radical (unpaired) electrons. The molecule has 0 aromatic heterocycles. The van der Waals surface area contributed by atoms with Gasteiger partial charge in [-0.25, -0.2) is 0 Å². The number of rotatable bonds is 5. The fourth-order valence-corrected chi connectivity index (χ4v) is 2.95. The van der Waals surface area contributed by atoms with Gasteiger partial charge in [0, 0.05) is 18.8 Å².